The Bertz CT molecular complexity index is 357. The molecule has 0 unspecified atom stereocenters. The fraction of sp³-hybridized carbons (Fsp3) is 0.538. The number of benzene rings is 1. The van der Waals surface area contributed by atoms with Gasteiger partial charge in [-0.2, -0.15) is 0 Å². The molecule has 0 saturated heterocycles. The molecule has 0 radical (unpaired) electrons. The van der Waals surface area contributed by atoms with Crippen LogP contribution in [0.2, 0.25) is 0 Å². The molecule has 5 heteroatoms. The number of nitrogens with one attached hydrogen (secondary N) is 1. The second-order valence-corrected chi connectivity index (χ2v) is 4.56. The smallest absolute Gasteiger partial charge is 0.194 e. The van der Waals surface area contributed by atoms with Crippen molar-refractivity contribution >= 4 is 0 Å². The van der Waals surface area contributed by atoms with Crippen LogP contribution < -0.4 is 5.32 Å². The minimum Gasteiger partial charge on any atom is -0.313 e. The van der Waals surface area contributed by atoms with E-state index in [1.165, 1.54) is 0 Å². The second kappa shape index (κ2) is 7.38. The van der Waals surface area contributed by atoms with Crippen LogP contribution in [0, 0.1) is 17.5 Å². The van der Waals surface area contributed by atoms with E-state index in [1.54, 1.807) is 0 Å². The van der Waals surface area contributed by atoms with Gasteiger partial charge in [0.1, 0.15) is 0 Å². The molecule has 1 rings (SSSR count). The number of rotatable bonds is 7. The van der Waals surface area contributed by atoms with Gasteiger partial charge in [-0.1, -0.05) is 0 Å². The molecule has 0 bridgehead atoms. The minimum atomic E-state index is -1.41. The van der Waals surface area contributed by atoms with Crippen molar-refractivity contribution in [3.63, 3.8) is 0 Å². The SMILES string of the molecule is CN(C)CCCCNCc1cc(F)c(F)c(F)c1. The lowest BCUT2D eigenvalue weighted by Crippen LogP contribution is -2.18. The highest BCUT2D eigenvalue weighted by Crippen LogP contribution is 2.13. The molecule has 0 heterocycles. The van der Waals surface area contributed by atoms with Crippen molar-refractivity contribution in [2.24, 2.45) is 0 Å². The third kappa shape index (κ3) is 5.06. The molecular formula is C13H19F3N2. The Morgan fingerprint density at radius 1 is 1.06 bits per heavy atom. The van der Waals surface area contributed by atoms with E-state index < -0.39 is 17.5 Å². The van der Waals surface area contributed by atoms with Gasteiger partial charge in [0.05, 0.1) is 0 Å². The summed E-state index contributed by atoms with van der Waals surface area (Å²) in [5, 5.41) is 3.08. The first-order valence-electron chi connectivity index (χ1n) is 5.99. The molecule has 0 atom stereocenters. The molecule has 1 N–H and O–H groups in total. The Labute approximate surface area is 106 Å². The summed E-state index contributed by atoms with van der Waals surface area (Å²) in [7, 11) is 4.02. The van der Waals surface area contributed by atoms with Crippen molar-refractivity contribution in [3.05, 3.63) is 35.1 Å². The molecule has 0 amide bonds. The molecule has 102 valence electrons. The molecule has 0 aliphatic heterocycles. The fourth-order valence-electron chi connectivity index (χ4n) is 1.62. The monoisotopic (exact) mass is 260 g/mol. The van der Waals surface area contributed by atoms with Gasteiger partial charge in [0.25, 0.3) is 0 Å². The molecule has 0 aliphatic carbocycles. The summed E-state index contributed by atoms with van der Waals surface area (Å²) in [4.78, 5) is 2.10. The average molecular weight is 260 g/mol. The molecule has 0 fully saturated rings. The third-order valence-electron chi connectivity index (χ3n) is 2.58. The van der Waals surface area contributed by atoms with Crippen LogP contribution >= 0.6 is 0 Å². The van der Waals surface area contributed by atoms with Gasteiger partial charge >= 0.3 is 0 Å². The number of halogens is 3. The van der Waals surface area contributed by atoms with Gasteiger partial charge < -0.3 is 10.2 Å². The van der Waals surface area contributed by atoms with E-state index in [0.717, 1.165) is 38.1 Å². The molecule has 0 saturated carbocycles. The number of unbranched alkanes of at least 4 members (excludes halogenated alkanes) is 1. The summed E-state index contributed by atoms with van der Waals surface area (Å²) in [6, 6.07) is 2.04. The van der Waals surface area contributed by atoms with Crippen LogP contribution in [-0.4, -0.2) is 32.1 Å². The van der Waals surface area contributed by atoms with Crippen LogP contribution in [0.4, 0.5) is 13.2 Å². The Balaban J connectivity index is 2.27. The third-order valence-corrected chi connectivity index (χ3v) is 2.58. The van der Waals surface area contributed by atoms with Crippen molar-refractivity contribution < 1.29 is 13.2 Å². The zero-order valence-electron chi connectivity index (χ0n) is 10.8. The van der Waals surface area contributed by atoms with Crippen molar-refractivity contribution in [2.45, 2.75) is 19.4 Å². The molecule has 18 heavy (non-hydrogen) atoms. The number of hydrogen-bond donors (Lipinski definition) is 1. The first-order chi connectivity index (χ1) is 8.50. The fourth-order valence-corrected chi connectivity index (χ4v) is 1.62. The molecule has 0 aromatic heterocycles. The normalized spacial score (nSPS) is 11.2. The lowest BCUT2D eigenvalue weighted by molar-refractivity contribution is 0.391. The highest BCUT2D eigenvalue weighted by Gasteiger charge is 2.09. The van der Waals surface area contributed by atoms with Gasteiger partial charge in [-0.25, -0.2) is 13.2 Å². The molecule has 0 aliphatic rings. The summed E-state index contributed by atoms with van der Waals surface area (Å²) >= 11 is 0. The summed E-state index contributed by atoms with van der Waals surface area (Å²) in [6.07, 6.45) is 2.05. The maximum absolute atomic E-state index is 12.9. The van der Waals surface area contributed by atoms with E-state index in [-0.39, 0.29) is 0 Å². The first-order valence-corrected chi connectivity index (χ1v) is 5.99. The van der Waals surface area contributed by atoms with E-state index in [4.69, 9.17) is 0 Å². The average Bonchev–Trinajstić information content (AvgIpc) is 2.30. The highest BCUT2D eigenvalue weighted by molar-refractivity contribution is 5.19. The molecular weight excluding hydrogens is 241 g/mol. The van der Waals surface area contributed by atoms with Crippen LogP contribution in [0.3, 0.4) is 0 Å². The van der Waals surface area contributed by atoms with Crippen LogP contribution in [0.1, 0.15) is 18.4 Å². The van der Waals surface area contributed by atoms with Gasteiger partial charge in [-0.15, -0.1) is 0 Å². The van der Waals surface area contributed by atoms with Crippen molar-refractivity contribution in [1.29, 1.82) is 0 Å². The van der Waals surface area contributed by atoms with E-state index in [9.17, 15) is 13.2 Å². The van der Waals surface area contributed by atoms with Crippen LogP contribution in [0.15, 0.2) is 12.1 Å². The zero-order valence-corrected chi connectivity index (χ0v) is 10.8. The maximum Gasteiger partial charge on any atom is 0.194 e. The maximum atomic E-state index is 12.9. The van der Waals surface area contributed by atoms with E-state index >= 15 is 0 Å². The van der Waals surface area contributed by atoms with Gasteiger partial charge in [-0.05, 0) is 57.7 Å². The van der Waals surface area contributed by atoms with E-state index in [0.29, 0.717) is 12.1 Å². The highest BCUT2D eigenvalue weighted by atomic mass is 19.2. The largest absolute Gasteiger partial charge is 0.313 e. The van der Waals surface area contributed by atoms with Crippen LogP contribution in [0.5, 0.6) is 0 Å². The second-order valence-electron chi connectivity index (χ2n) is 4.56. The van der Waals surface area contributed by atoms with Crippen molar-refractivity contribution in [1.82, 2.24) is 10.2 Å². The lowest BCUT2D eigenvalue weighted by atomic mass is 10.2. The Hall–Kier alpha value is -1.07. The zero-order chi connectivity index (χ0) is 13.5. The Kier molecular flexibility index (Phi) is 6.15. The lowest BCUT2D eigenvalue weighted by Gasteiger charge is -2.09. The topological polar surface area (TPSA) is 15.3 Å². The van der Waals surface area contributed by atoms with Crippen molar-refractivity contribution in [2.75, 3.05) is 27.2 Å². The van der Waals surface area contributed by atoms with Crippen molar-refractivity contribution in [3.8, 4) is 0 Å². The molecule has 1 aromatic carbocycles. The molecule has 2 nitrogen and oxygen atoms in total. The predicted molar refractivity (Wildman–Crippen MR) is 65.8 cm³/mol. The van der Waals surface area contributed by atoms with Gasteiger partial charge in [0.2, 0.25) is 0 Å². The summed E-state index contributed by atoms with van der Waals surface area (Å²) in [5.74, 6) is -3.69. The van der Waals surface area contributed by atoms with Gasteiger partial charge in [-0.3, -0.25) is 0 Å². The summed E-state index contributed by atoms with van der Waals surface area (Å²) < 4.78 is 38.5. The quantitative estimate of drug-likeness (QED) is 0.598. The minimum absolute atomic E-state index is 0.343. The standard InChI is InChI=1S/C13H19F3N2/c1-18(2)6-4-3-5-17-9-10-7-11(14)13(16)12(15)8-10/h7-8,17H,3-6,9H2,1-2H3. The van der Waals surface area contributed by atoms with Crippen LogP contribution in [-0.2, 0) is 6.54 Å². The number of hydrogen-bond acceptors (Lipinski definition) is 2. The van der Waals surface area contributed by atoms with E-state index in [2.05, 4.69) is 10.2 Å². The Morgan fingerprint density at radius 3 is 2.22 bits per heavy atom. The van der Waals surface area contributed by atoms with Gasteiger partial charge in [0.15, 0.2) is 17.5 Å². The Morgan fingerprint density at radius 2 is 1.67 bits per heavy atom. The number of nitrogens with zero attached hydrogens (tertiary/aromatic N) is 1. The van der Waals surface area contributed by atoms with Crippen LogP contribution in [0.25, 0.3) is 0 Å². The first kappa shape index (κ1) is 15.0. The summed E-state index contributed by atoms with van der Waals surface area (Å²) in [5.41, 5.74) is 0.416. The van der Waals surface area contributed by atoms with E-state index in [1.807, 2.05) is 14.1 Å². The molecule has 0 spiro atoms. The predicted octanol–water partition coefficient (Wildman–Crippen LogP) is 2.54. The summed E-state index contributed by atoms with van der Waals surface area (Å²) in [6.45, 7) is 2.13. The molecule has 1 aromatic rings. The van der Waals surface area contributed by atoms with Gasteiger partial charge in [0, 0.05) is 6.54 Å².